The lowest BCUT2D eigenvalue weighted by Crippen LogP contribution is -2.58. The second kappa shape index (κ2) is 4.27. The van der Waals surface area contributed by atoms with Crippen molar-refractivity contribution in [1.29, 1.82) is 0 Å². The summed E-state index contributed by atoms with van der Waals surface area (Å²) in [7, 11) is 0. The molecule has 2 rings (SSSR count). The van der Waals surface area contributed by atoms with E-state index in [1.165, 1.54) is 25.9 Å². The number of nitrogens with two attached hydrogens (primary N) is 1. The van der Waals surface area contributed by atoms with E-state index in [9.17, 15) is 0 Å². The average molecular weight is 228 g/mol. The van der Waals surface area contributed by atoms with Gasteiger partial charge in [-0.1, -0.05) is 13.8 Å². The first kappa shape index (κ1) is 11.7. The standard InChI is InChI=1S/C12H24N2S/c1-9-6-14(7-10(2)15-9)12(3,8-13)11-4-5-11/h9-11H,4-8,13H2,1-3H3. The Hall–Kier alpha value is 0.270. The molecule has 0 bridgehead atoms. The Morgan fingerprint density at radius 1 is 1.27 bits per heavy atom. The van der Waals surface area contributed by atoms with Gasteiger partial charge in [0.05, 0.1) is 0 Å². The van der Waals surface area contributed by atoms with Crippen LogP contribution in [0.25, 0.3) is 0 Å². The number of rotatable bonds is 3. The normalized spacial score (nSPS) is 37.6. The summed E-state index contributed by atoms with van der Waals surface area (Å²) < 4.78 is 0. The maximum Gasteiger partial charge on any atom is 0.0332 e. The van der Waals surface area contributed by atoms with Crippen LogP contribution in [0.4, 0.5) is 0 Å². The van der Waals surface area contributed by atoms with Crippen LogP contribution >= 0.6 is 11.8 Å². The summed E-state index contributed by atoms with van der Waals surface area (Å²) >= 11 is 2.12. The zero-order valence-corrected chi connectivity index (χ0v) is 11.0. The van der Waals surface area contributed by atoms with Gasteiger partial charge in [0.15, 0.2) is 0 Å². The molecule has 1 aliphatic heterocycles. The van der Waals surface area contributed by atoms with Crippen LogP contribution in [-0.2, 0) is 0 Å². The summed E-state index contributed by atoms with van der Waals surface area (Å²) in [4.78, 5) is 2.66. The van der Waals surface area contributed by atoms with Crippen LogP contribution in [0.3, 0.4) is 0 Å². The van der Waals surface area contributed by atoms with E-state index in [0.29, 0.717) is 0 Å². The number of nitrogens with zero attached hydrogens (tertiary/aromatic N) is 1. The Balaban J connectivity index is 2.06. The summed E-state index contributed by atoms with van der Waals surface area (Å²) in [6.45, 7) is 10.3. The molecular weight excluding hydrogens is 204 g/mol. The lowest BCUT2D eigenvalue weighted by molar-refractivity contribution is 0.0874. The summed E-state index contributed by atoms with van der Waals surface area (Å²) in [5.74, 6) is 0.866. The molecule has 3 atom stereocenters. The Morgan fingerprint density at radius 2 is 1.80 bits per heavy atom. The molecule has 1 heterocycles. The third-order valence-corrected chi connectivity index (χ3v) is 5.24. The third-order valence-electron chi connectivity index (χ3n) is 4.01. The van der Waals surface area contributed by atoms with Gasteiger partial charge in [-0.25, -0.2) is 0 Å². The Labute approximate surface area is 98.0 Å². The molecule has 3 unspecified atom stereocenters. The molecule has 3 heteroatoms. The predicted octanol–water partition coefficient (Wildman–Crippen LogP) is 1.94. The Kier molecular flexibility index (Phi) is 3.34. The quantitative estimate of drug-likeness (QED) is 0.800. The molecule has 2 nitrogen and oxygen atoms in total. The van der Waals surface area contributed by atoms with E-state index in [1.54, 1.807) is 0 Å². The molecule has 0 aromatic rings. The first-order chi connectivity index (χ1) is 7.06. The molecule has 0 spiro atoms. The van der Waals surface area contributed by atoms with E-state index < -0.39 is 0 Å². The van der Waals surface area contributed by atoms with Crippen molar-refractivity contribution in [1.82, 2.24) is 4.90 Å². The Bertz CT molecular complexity index is 220. The number of thioether (sulfide) groups is 1. The van der Waals surface area contributed by atoms with E-state index in [2.05, 4.69) is 37.4 Å². The second-order valence-corrected chi connectivity index (χ2v) is 7.38. The monoisotopic (exact) mass is 228 g/mol. The zero-order chi connectivity index (χ0) is 11.1. The van der Waals surface area contributed by atoms with Crippen molar-refractivity contribution in [3.63, 3.8) is 0 Å². The fourth-order valence-electron chi connectivity index (χ4n) is 2.85. The first-order valence-corrected chi connectivity index (χ1v) is 7.11. The van der Waals surface area contributed by atoms with Crippen molar-refractivity contribution in [3.8, 4) is 0 Å². The van der Waals surface area contributed by atoms with Crippen LogP contribution < -0.4 is 5.73 Å². The molecule has 0 aromatic carbocycles. The smallest absolute Gasteiger partial charge is 0.0332 e. The maximum atomic E-state index is 6.02. The third kappa shape index (κ3) is 2.34. The van der Waals surface area contributed by atoms with E-state index in [-0.39, 0.29) is 5.54 Å². The molecule has 1 saturated heterocycles. The highest BCUT2D eigenvalue weighted by atomic mass is 32.2. The molecule has 1 saturated carbocycles. The minimum Gasteiger partial charge on any atom is -0.329 e. The minimum absolute atomic E-state index is 0.281. The minimum atomic E-state index is 0.281. The van der Waals surface area contributed by atoms with Crippen molar-refractivity contribution in [2.24, 2.45) is 11.7 Å². The average Bonchev–Trinajstić information content (AvgIpc) is 2.98. The molecule has 1 aliphatic carbocycles. The highest BCUT2D eigenvalue weighted by molar-refractivity contribution is 8.00. The molecule has 0 aromatic heterocycles. The van der Waals surface area contributed by atoms with E-state index >= 15 is 0 Å². The molecule has 15 heavy (non-hydrogen) atoms. The van der Waals surface area contributed by atoms with Crippen LogP contribution in [0.2, 0.25) is 0 Å². The highest BCUT2D eigenvalue weighted by Crippen LogP contribution is 2.44. The van der Waals surface area contributed by atoms with Gasteiger partial charge in [-0.05, 0) is 25.7 Å². The lowest BCUT2D eigenvalue weighted by Gasteiger charge is -2.46. The summed E-state index contributed by atoms with van der Waals surface area (Å²) in [5, 5.41) is 1.52. The largest absolute Gasteiger partial charge is 0.329 e. The predicted molar refractivity (Wildman–Crippen MR) is 68.3 cm³/mol. The summed E-state index contributed by atoms with van der Waals surface area (Å²) in [6, 6.07) is 0. The molecule has 0 amide bonds. The van der Waals surface area contributed by atoms with Crippen molar-refractivity contribution < 1.29 is 0 Å². The van der Waals surface area contributed by atoms with Gasteiger partial charge >= 0.3 is 0 Å². The van der Waals surface area contributed by atoms with Gasteiger partial charge in [-0.2, -0.15) is 11.8 Å². The van der Waals surface area contributed by atoms with Gasteiger partial charge in [0, 0.05) is 35.7 Å². The van der Waals surface area contributed by atoms with Crippen LogP contribution in [0, 0.1) is 5.92 Å². The summed E-state index contributed by atoms with van der Waals surface area (Å²) in [6.07, 6.45) is 2.78. The van der Waals surface area contributed by atoms with Gasteiger partial charge in [0.25, 0.3) is 0 Å². The van der Waals surface area contributed by atoms with Gasteiger partial charge in [-0.15, -0.1) is 0 Å². The zero-order valence-electron chi connectivity index (χ0n) is 10.2. The van der Waals surface area contributed by atoms with E-state index in [1.807, 2.05) is 0 Å². The van der Waals surface area contributed by atoms with Gasteiger partial charge < -0.3 is 5.73 Å². The Morgan fingerprint density at radius 3 is 2.20 bits per heavy atom. The SMILES string of the molecule is CC1CN(C(C)(CN)C2CC2)CC(C)S1. The van der Waals surface area contributed by atoms with Gasteiger partial charge in [0.2, 0.25) is 0 Å². The molecule has 88 valence electrons. The number of hydrogen-bond donors (Lipinski definition) is 1. The molecule has 0 radical (unpaired) electrons. The van der Waals surface area contributed by atoms with Crippen molar-refractivity contribution in [3.05, 3.63) is 0 Å². The van der Waals surface area contributed by atoms with E-state index in [0.717, 1.165) is 23.0 Å². The van der Waals surface area contributed by atoms with Crippen molar-refractivity contribution in [2.75, 3.05) is 19.6 Å². The molecule has 2 N–H and O–H groups in total. The fourth-order valence-corrected chi connectivity index (χ4v) is 4.18. The summed E-state index contributed by atoms with van der Waals surface area (Å²) in [5.41, 5.74) is 6.30. The number of hydrogen-bond acceptors (Lipinski definition) is 3. The lowest BCUT2D eigenvalue weighted by atomic mass is 9.92. The maximum absolute atomic E-state index is 6.02. The van der Waals surface area contributed by atoms with Crippen LogP contribution in [0.15, 0.2) is 0 Å². The molecule has 2 fully saturated rings. The van der Waals surface area contributed by atoms with Crippen LogP contribution in [-0.4, -0.2) is 40.6 Å². The van der Waals surface area contributed by atoms with Gasteiger partial charge in [-0.3, -0.25) is 4.90 Å². The van der Waals surface area contributed by atoms with Crippen LogP contribution in [0.5, 0.6) is 0 Å². The van der Waals surface area contributed by atoms with Crippen molar-refractivity contribution >= 4 is 11.8 Å². The van der Waals surface area contributed by atoms with E-state index in [4.69, 9.17) is 5.73 Å². The van der Waals surface area contributed by atoms with Gasteiger partial charge in [0.1, 0.15) is 0 Å². The second-order valence-electron chi connectivity index (χ2n) is 5.50. The molecular formula is C12H24N2S. The molecule has 2 aliphatic rings. The van der Waals surface area contributed by atoms with Crippen molar-refractivity contribution in [2.45, 2.75) is 49.7 Å². The first-order valence-electron chi connectivity index (χ1n) is 6.17. The fraction of sp³-hybridized carbons (Fsp3) is 1.00. The van der Waals surface area contributed by atoms with Crippen LogP contribution in [0.1, 0.15) is 33.6 Å². The highest BCUT2D eigenvalue weighted by Gasteiger charge is 2.46. The topological polar surface area (TPSA) is 29.3 Å².